The van der Waals surface area contributed by atoms with E-state index in [0.717, 1.165) is 23.2 Å². The van der Waals surface area contributed by atoms with Crippen molar-refractivity contribution >= 4 is 6.29 Å². The summed E-state index contributed by atoms with van der Waals surface area (Å²) in [5.41, 5.74) is 2.90. The van der Waals surface area contributed by atoms with Crippen LogP contribution in [-0.2, 0) is 0 Å². The van der Waals surface area contributed by atoms with Gasteiger partial charge >= 0.3 is 0 Å². The molecular formula is C14H15FN2O. The molecule has 0 amide bonds. The lowest BCUT2D eigenvalue weighted by Gasteiger charge is -2.06. The van der Waals surface area contributed by atoms with Crippen LogP contribution in [0.15, 0.2) is 24.4 Å². The minimum Gasteiger partial charge on any atom is -0.298 e. The first kappa shape index (κ1) is 12.5. The van der Waals surface area contributed by atoms with Crippen LogP contribution in [0.3, 0.4) is 0 Å². The van der Waals surface area contributed by atoms with E-state index in [1.165, 1.54) is 12.1 Å². The Morgan fingerprint density at radius 1 is 1.39 bits per heavy atom. The van der Waals surface area contributed by atoms with Gasteiger partial charge in [0.1, 0.15) is 5.82 Å². The number of halogens is 1. The fourth-order valence-electron chi connectivity index (χ4n) is 1.94. The molecule has 94 valence electrons. The Bertz CT molecular complexity index is 587. The van der Waals surface area contributed by atoms with Gasteiger partial charge in [-0.25, -0.2) is 9.07 Å². The third-order valence-electron chi connectivity index (χ3n) is 2.85. The third kappa shape index (κ3) is 2.18. The van der Waals surface area contributed by atoms with Gasteiger partial charge in [-0.15, -0.1) is 0 Å². The minimum absolute atomic E-state index is 0.173. The summed E-state index contributed by atoms with van der Waals surface area (Å²) in [5, 5.41) is 4.40. The predicted octanol–water partition coefficient (Wildman–Crippen LogP) is 3.26. The Kier molecular flexibility index (Phi) is 3.28. The molecule has 4 heteroatoms. The summed E-state index contributed by atoms with van der Waals surface area (Å²) in [6, 6.07) is 4.50. The van der Waals surface area contributed by atoms with Crippen LogP contribution in [0.1, 0.15) is 41.4 Å². The normalized spacial score (nSPS) is 10.9. The van der Waals surface area contributed by atoms with Crippen molar-refractivity contribution in [3.63, 3.8) is 0 Å². The molecule has 0 radical (unpaired) electrons. The quantitative estimate of drug-likeness (QED) is 0.779. The molecule has 1 aromatic carbocycles. The number of rotatable bonds is 3. The maximum Gasteiger partial charge on any atom is 0.153 e. The van der Waals surface area contributed by atoms with E-state index in [4.69, 9.17) is 0 Å². The highest BCUT2D eigenvalue weighted by Crippen LogP contribution is 2.20. The second kappa shape index (κ2) is 4.72. The number of carbonyl (C=O) groups is 1. The monoisotopic (exact) mass is 246 g/mol. The second-order valence-corrected chi connectivity index (χ2v) is 4.62. The topological polar surface area (TPSA) is 34.9 Å². The van der Waals surface area contributed by atoms with E-state index in [1.54, 1.807) is 16.9 Å². The lowest BCUT2D eigenvalue weighted by molar-refractivity contribution is 0.112. The van der Waals surface area contributed by atoms with Crippen molar-refractivity contribution in [1.29, 1.82) is 0 Å². The van der Waals surface area contributed by atoms with Gasteiger partial charge in [0.2, 0.25) is 0 Å². The summed E-state index contributed by atoms with van der Waals surface area (Å²) in [6.45, 7) is 5.78. The van der Waals surface area contributed by atoms with Gasteiger partial charge in [0, 0.05) is 6.20 Å². The minimum atomic E-state index is -0.275. The van der Waals surface area contributed by atoms with Gasteiger partial charge in [0.25, 0.3) is 0 Å². The molecule has 0 fully saturated rings. The van der Waals surface area contributed by atoms with Crippen molar-refractivity contribution in [2.24, 2.45) is 0 Å². The predicted molar refractivity (Wildman–Crippen MR) is 67.7 cm³/mol. The van der Waals surface area contributed by atoms with Gasteiger partial charge in [0.05, 0.1) is 16.9 Å². The fourth-order valence-corrected chi connectivity index (χ4v) is 1.94. The highest BCUT2D eigenvalue weighted by molar-refractivity contribution is 5.76. The standard InChI is InChI=1S/C14H15FN2O/c1-9(2)14-11(8-18)7-17(16-14)13-5-4-12(15)6-10(13)3/h4-9H,1-3H3. The molecule has 0 bridgehead atoms. The molecule has 2 rings (SSSR count). The summed E-state index contributed by atoms with van der Waals surface area (Å²) in [4.78, 5) is 11.0. The average Bonchev–Trinajstić information content (AvgIpc) is 2.73. The number of hydrogen-bond acceptors (Lipinski definition) is 2. The Morgan fingerprint density at radius 3 is 2.61 bits per heavy atom. The molecule has 0 saturated carbocycles. The zero-order valence-corrected chi connectivity index (χ0v) is 10.6. The molecule has 0 aliphatic rings. The summed E-state index contributed by atoms with van der Waals surface area (Å²) in [7, 11) is 0. The van der Waals surface area contributed by atoms with E-state index in [0.29, 0.717) is 5.56 Å². The molecule has 0 saturated heterocycles. The lowest BCUT2D eigenvalue weighted by Crippen LogP contribution is -2.00. The maximum absolute atomic E-state index is 13.1. The molecule has 1 aromatic heterocycles. The molecule has 0 unspecified atom stereocenters. The van der Waals surface area contributed by atoms with E-state index >= 15 is 0 Å². The van der Waals surface area contributed by atoms with Gasteiger partial charge in [-0.2, -0.15) is 5.10 Å². The third-order valence-corrected chi connectivity index (χ3v) is 2.85. The Hall–Kier alpha value is -1.97. The average molecular weight is 246 g/mol. The molecule has 0 spiro atoms. The first-order chi connectivity index (χ1) is 8.52. The smallest absolute Gasteiger partial charge is 0.153 e. The highest BCUT2D eigenvalue weighted by Gasteiger charge is 2.13. The number of nitrogens with zero attached hydrogens (tertiary/aromatic N) is 2. The van der Waals surface area contributed by atoms with Crippen molar-refractivity contribution in [1.82, 2.24) is 9.78 Å². The maximum atomic E-state index is 13.1. The van der Waals surface area contributed by atoms with Crippen molar-refractivity contribution in [3.05, 3.63) is 47.0 Å². The van der Waals surface area contributed by atoms with Crippen LogP contribution in [0.4, 0.5) is 4.39 Å². The molecule has 3 nitrogen and oxygen atoms in total. The van der Waals surface area contributed by atoms with Crippen molar-refractivity contribution in [3.8, 4) is 5.69 Å². The summed E-state index contributed by atoms with van der Waals surface area (Å²) in [6.07, 6.45) is 2.49. The SMILES string of the molecule is Cc1cc(F)ccc1-n1cc(C=O)c(C(C)C)n1. The van der Waals surface area contributed by atoms with E-state index < -0.39 is 0 Å². The molecule has 0 atom stereocenters. The van der Waals surface area contributed by atoms with Crippen LogP contribution in [0.25, 0.3) is 5.69 Å². The first-order valence-corrected chi connectivity index (χ1v) is 5.84. The molecule has 0 N–H and O–H groups in total. The van der Waals surface area contributed by atoms with E-state index in [2.05, 4.69) is 5.10 Å². The largest absolute Gasteiger partial charge is 0.298 e. The number of benzene rings is 1. The van der Waals surface area contributed by atoms with Crippen LogP contribution in [0.2, 0.25) is 0 Å². The van der Waals surface area contributed by atoms with Gasteiger partial charge in [-0.05, 0) is 36.6 Å². The number of carbonyl (C=O) groups excluding carboxylic acids is 1. The zero-order valence-electron chi connectivity index (χ0n) is 10.6. The summed E-state index contributed by atoms with van der Waals surface area (Å²) >= 11 is 0. The summed E-state index contributed by atoms with van der Waals surface area (Å²) < 4.78 is 14.7. The molecular weight excluding hydrogens is 231 g/mol. The van der Waals surface area contributed by atoms with Gasteiger partial charge in [-0.3, -0.25) is 4.79 Å². The Labute approximate surface area is 105 Å². The molecule has 2 aromatic rings. The number of hydrogen-bond donors (Lipinski definition) is 0. The Morgan fingerprint density at radius 2 is 2.11 bits per heavy atom. The second-order valence-electron chi connectivity index (χ2n) is 4.62. The first-order valence-electron chi connectivity index (χ1n) is 5.84. The van der Waals surface area contributed by atoms with Crippen LogP contribution in [0.5, 0.6) is 0 Å². The fraction of sp³-hybridized carbons (Fsp3) is 0.286. The van der Waals surface area contributed by atoms with Crippen LogP contribution in [-0.4, -0.2) is 16.1 Å². The molecule has 0 aliphatic carbocycles. The van der Waals surface area contributed by atoms with Gasteiger partial charge < -0.3 is 0 Å². The Balaban J connectivity index is 2.54. The highest BCUT2D eigenvalue weighted by atomic mass is 19.1. The van der Waals surface area contributed by atoms with Crippen molar-refractivity contribution in [2.45, 2.75) is 26.7 Å². The summed E-state index contributed by atoms with van der Waals surface area (Å²) in [5.74, 6) is -0.102. The van der Waals surface area contributed by atoms with Crippen molar-refractivity contribution in [2.75, 3.05) is 0 Å². The van der Waals surface area contributed by atoms with Crippen LogP contribution < -0.4 is 0 Å². The van der Waals surface area contributed by atoms with Gasteiger partial charge in [0.15, 0.2) is 6.29 Å². The number of aryl methyl sites for hydroxylation is 1. The molecule has 0 aliphatic heterocycles. The zero-order chi connectivity index (χ0) is 13.3. The van der Waals surface area contributed by atoms with Gasteiger partial charge in [-0.1, -0.05) is 13.8 Å². The number of aldehydes is 1. The molecule has 1 heterocycles. The lowest BCUT2D eigenvalue weighted by atomic mass is 10.1. The van der Waals surface area contributed by atoms with Crippen LogP contribution >= 0.6 is 0 Å². The van der Waals surface area contributed by atoms with Crippen LogP contribution in [0, 0.1) is 12.7 Å². The number of aromatic nitrogens is 2. The molecule has 18 heavy (non-hydrogen) atoms. The van der Waals surface area contributed by atoms with E-state index in [1.807, 2.05) is 20.8 Å². The van der Waals surface area contributed by atoms with E-state index in [-0.39, 0.29) is 11.7 Å². The van der Waals surface area contributed by atoms with Crippen molar-refractivity contribution < 1.29 is 9.18 Å². The van der Waals surface area contributed by atoms with E-state index in [9.17, 15) is 9.18 Å².